The predicted molar refractivity (Wildman–Crippen MR) is 103 cm³/mol. The molecule has 0 fully saturated rings. The van der Waals surface area contributed by atoms with Gasteiger partial charge in [0.1, 0.15) is 18.1 Å². The monoisotopic (exact) mass is 353 g/mol. The molecule has 4 nitrogen and oxygen atoms in total. The highest BCUT2D eigenvalue weighted by Gasteiger charge is 2.19. The lowest BCUT2D eigenvalue weighted by atomic mass is 9.91. The summed E-state index contributed by atoms with van der Waals surface area (Å²) in [5.41, 5.74) is 3.71. The summed E-state index contributed by atoms with van der Waals surface area (Å²) in [6, 6.07) is 14.0. The van der Waals surface area contributed by atoms with Gasteiger partial charge in [-0.15, -0.1) is 0 Å². The van der Waals surface area contributed by atoms with Crippen LogP contribution in [-0.4, -0.2) is 25.2 Å². The van der Waals surface area contributed by atoms with Crippen LogP contribution in [0.15, 0.2) is 42.5 Å². The molecule has 1 atom stereocenters. The van der Waals surface area contributed by atoms with E-state index < -0.39 is 6.10 Å². The molecule has 0 aromatic heterocycles. The molecule has 138 valence electrons. The van der Waals surface area contributed by atoms with E-state index >= 15 is 0 Å². The Morgan fingerprint density at radius 1 is 1.08 bits per heavy atom. The third-order valence-corrected chi connectivity index (χ3v) is 4.78. The number of rotatable bonds is 7. The minimum atomic E-state index is -0.526. The van der Waals surface area contributed by atoms with E-state index in [-0.39, 0.29) is 5.91 Å². The smallest absolute Gasteiger partial charge is 0.260 e. The van der Waals surface area contributed by atoms with E-state index in [1.54, 1.807) is 6.92 Å². The van der Waals surface area contributed by atoms with E-state index in [1.165, 1.54) is 24.0 Å². The lowest BCUT2D eigenvalue weighted by molar-refractivity contribution is -0.127. The van der Waals surface area contributed by atoms with Gasteiger partial charge in [0.15, 0.2) is 6.10 Å². The number of hydrogen-bond acceptors (Lipinski definition) is 3. The summed E-state index contributed by atoms with van der Waals surface area (Å²) in [4.78, 5) is 12.3. The second-order valence-electron chi connectivity index (χ2n) is 6.77. The van der Waals surface area contributed by atoms with Crippen LogP contribution in [0.5, 0.6) is 11.5 Å². The summed E-state index contributed by atoms with van der Waals surface area (Å²) in [5.74, 6) is 1.58. The summed E-state index contributed by atoms with van der Waals surface area (Å²) < 4.78 is 11.7. The quantitative estimate of drug-likeness (QED) is 0.770. The van der Waals surface area contributed by atoms with E-state index in [1.807, 2.05) is 43.3 Å². The first-order valence-corrected chi connectivity index (χ1v) is 9.38. The van der Waals surface area contributed by atoms with Crippen LogP contribution < -0.4 is 14.8 Å². The highest BCUT2D eigenvalue weighted by molar-refractivity contribution is 5.80. The lowest BCUT2D eigenvalue weighted by Crippen LogP contribution is -2.38. The maximum Gasteiger partial charge on any atom is 0.260 e. The largest absolute Gasteiger partial charge is 0.491 e. The van der Waals surface area contributed by atoms with Gasteiger partial charge in [0, 0.05) is 0 Å². The average Bonchev–Trinajstić information content (AvgIpc) is 2.66. The van der Waals surface area contributed by atoms with Crippen molar-refractivity contribution in [1.82, 2.24) is 5.32 Å². The van der Waals surface area contributed by atoms with Crippen LogP contribution >= 0.6 is 0 Å². The molecule has 0 unspecified atom stereocenters. The zero-order valence-corrected chi connectivity index (χ0v) is 15.6. The van der Waals surface area contributed by atoms with Crippen LogP contribution in [-0.2, 0) is 17.6 Å². The number of para-hydroxylation sites is 1. The topological polar surface area (TPSA) is 47.6 Å². The molecule has 0 aliphatic heterocycles. The highest BCUT2D eigenvalue weighted by atomic mass is 16.5. The third kappa shape index (κ3) is 4.57. The standard InChI is InChI=1S/C22H27NO3/c1-16-8-3-6-12-20(16)25-15-14-23-22(24)17(2)26-21-13-7-10-18-9-4-5-11-19(18)21/h3,6-8,10,12-13,17H,4-5,9,11,14-15H2,1-2H3,(H,23,24)/t17-/m1/s1. The van der Waals surface area contributed by atoms with Crippen molar-refractivity contribution < 1.29 is 14.3 Å². The number of fused-ring (bicyclic) bond motifs is 1. The predicted octanol–water partition coefficient (Wildman–Crippen LogP) is 3.84. The molecular formula is C22H27NO3. The molecule has 0 bridgehead atoms. The molecule has 1 aliphatic carbocycles. The number of nitrogens with one attached hydrogen (secondary N) is 1. The molecular weight excluding hydrogens is 326 g/mol. The Labute approximate surface area is 155 Å². The second-order valence-corrected chi connectivity index (χ2v) is 6.77. The third-order valence-electron chi connectivity index (χ3n) is 4.78. The molecule has 0 radical (unpaired) electrons. The fraction of sp³-hybridized carbons (Fsp3) is 0.409. The van der Waals surface area contributed by atoms with Crippen molar-refractivity contribution in [2.75, 3.05) is 13.2 Å². The maximum absolute atomic E-state index is 12.3. The van der Waals surface area contributed by atoms with Gasteiger partial charge in [0.2, 0.25) is 0 Å². The van der Waals surface area contributed by atoms with Gasteiger partial charge >= 0.3 is 0 Å². The van der Waals surface area contributed by atoms with Crippen molar-refractivity contribution in [3.05, 3.63) is 59.2 Å². The SMILES string of the molecule is Cc1ccccc1OCCNC(=O)[C@@H](C)Oc1cccc2c1CCCC2. The zero-order valence-electron chi connectivity index (χ0n) is 15.6. The Morgan fingerprint density at radius 3 is 2.69 bits per heavy atom. The Hall–Kier alpha value is -2.49. The van der Waals surface area contributed by atoms with Crippen LogP contribution in [0.4, 0.5) is 0 Å². The number of hydrogen-bond donors (Lipinski definition) is 1. The first kappa shape index (κ1) is 18.3. The van der Waals surface area contributed by atoms with Gasteiger partial charge in [-0.2, -0.15) is 0 Å². The number of amides is 1. The molecule has 3 rings (SSSR count). The molecule has 1 N–H and O–H groups in total. The van der Waals surface area contributed by atoms with Gasteiger partial charge in [-0.3, -0.25) is 4.79 Å². The van der Waals surface area contributed by atoms with Gasteiger partial charge in [0.25, 0.3) is 5.91 Å². The number of carbonyl (C=O) groups excluding carboxylic acids is 1. The minimum absolute atomic E-state index is 0.119. The molecule has 2 aromatic rings. The van der Waals surface area contributed by atoms with Crippen LogP contribution in [0.3, 0.4) is 0 Å². The van der Waals surface area contributed by atoms with Crippen molar-refractivity contribution in [1.29, 1.82) is 0 Å². The van der Waals surface area contributed by atoms with Crippen molar-refractivity contribution in [3.63, 3.8) is 0 Å². The van der Waals surface area contributed by atoms with E-state index in [0.717, 1.165) is 29.9 Å². The first-order valence-electron chi connectivity index (χ1n) is 9.38. The molecule has 4 heteroatoms. The zero-order chi connectivity index (χ0) is 18.4. The average molecular weight is 353 g/mol. The molecule has 0 spiro atoms. The number of benzene rings is 2. The number of ether oxygens (including phenoxy) is 2. The summed E-state index contributed by atoms with van der Waals surface area (Å²) in [6.45, 7) is 4.68. The lowest BCUT2D eigenvalue weighted by Gasteiger charge is -2.22. The van der Waals surface area contributed by atoms with Gasteiger partial charge in [-0.1, -0.05) is 30.3 Å². The van der Waals surface area contributed by atoms with Crippen molar-refractivity contribution in [3.8, 4) is 11.5 Å². The fourth-order valence-electron chi connectivity index (χ4n) is 3.30. The van der Waals surface area contributed by atoms with E-state index in [2.05, 4.69) is 11.4 Å². The minimum Gasteiger partial charge on any atom is -0.491 e. The van der Waals surface area contributed by atoms with E-state index in [4.69, 9.17) is 9.47 Å². The normalized spacial score (nSPS) is 14.2. The molecule has 2 aromatic carbocycles. The van der Waals surface area contributed by atoms with Gasteiger partial charge < -0.3 is 14.8 Å². The molecule has 1 aliphatic rings. The Bertz CT molecular complexity index is 757. The van der Waals surface area contributed by atoms with E-state index in [0.29, 0.717) is 13.2 Å². The fourth-order valence-corrected chi connectivity index (χ4v) is 3.30. The number of carbonyl (C=O) groups is 1. The molecule has 26 heavy (non-hydrogen) atoms. The van der Waals surface area contributed by atoms with Crippen molar-refractivity contribution in [2.45, 2.75) is 45.6 Å². The van der Waals surface area contributed by atoms with Crippen LogP contribution in [0.1, 0.15) is 36.5 Å². The summed E-state index contributed by atoms with van der Waals surface area (Å²) >= 11 is 0. The van der Waals surface area contributed by atoms with Gasteiger partial charge in [0.05, 0.1) is 6.54 Å². The summed E-state index contributed by atoms with van der Waals surface area (Å²) in [7, 11) is 0. The van der Waals surface area contributed by atoms with Crippen LogP contribution in [0.2, 0.25) is 0 Å². The molecule has 0 saturated carbocycles. The highest BCUT2D eigenvalue weighted by Crippen LogP contribution is 2.30. The Kier molecular flexibility index (Phi) is 6.16. The summed E-state index contributed by atoms with van der Waals surface area (Å²) in [6.07, 6.45) is 4.02. The van der Waals surface area contributed by atoms with Crippen LogP contribution in [0, 0.1) is 6.92 Å². The van der Waals surface area contributed by atoms with E-state index in [9.17, 15) is 4.79 Å². The van der Waals surface area contributed by atoms with Crippen LogP contribution in [0.25, 0.3) is 0 Å². The Balaban J connectivity index is 1.47. The molecule has 1 amide bonds. The second kappa shape index (κ2) is 8.75. The Morgan fingerprint density at radius 2 is 1.85 bits per heavy atom. The summed E-state index contributed by atoms with van der Waals surface area (Å²) in [5, 5.41) is 2.88. The molecule has 0 saturated heterocycles. The van der Waals surface area contributed by atoms with Gasteiger partial charge in [-0.25, -0.2) is 0 Å². The van der Waals surface area contributed by atoms with Crippen molar-refractivity contribution in [2.24, 2.45) is 0 Å². The maximum atomic E-state index is 12.3. The first-order chi connectivity index (χ1) is 12.6. The number of aryl methyl sites for hydroxylation is 2. The van der Waals surface area contributed by atoms with Crippen molar-refractivity contribution >= 4 is 5.91 Å². The van der Waals surface area contributed by atoms with Gasteiger partial charge in [-0.05, 0) is 68.4 Å². The molecule has 0 heterocycles.